The van der Waals surface area contributed by atoms with E-state index in [2.05, 4.69) is 4.72 Å². The van der Waals surface area contributed by atoms with Gasteiger partial charge in [0.1, 0.15) is 0 Å². The van der Waals surface area contributed by atoms with Crippen molar-refractivity contribution in [2.45, 2.75) is 19.4 Å². The predicted molar refractivity (Wildman–Crippen MR) is 61.4 cm³/mol. The van der Waals surface area contributed by atoms with Gasteiger partial charge in [-0.05, 0) is 35.7 Å². The highest BCUT2D eigenvalue weighted by atomic mass is 32.2. The van der Waals surface area contributed by atoms with Crippen LogP contribution >= 0.6 is 11.3 Å². The van der Waals surface area contributed by atoms with Crippen LogP contribution in [0, 0.1) is 0 Å². The molecule has 6 heteroatoms. The Balaban J connectivity index is 2.33. The van der Waals surface area contributed by atoms with E-state index in [0.717, 1.165) is 5.56 Å². The van der Waals surface area contributed by atoms with Crippen LogP contribution in [0.2, 0.25) is 0 Å². The molecule has 1 unspecified atom stereocenters. The molecule has 0 radical (unpaired) electrons. The number of aliphatic hydroxyl groups is 1. The molecule has 0 aliphatic carbocycles. The second-order valence-corrected chi connectivity index (χ2v) is 6.03. The molecule has 1 rings (SSSR count). The van der Waals surface area contributed by atoms with Gasteiger partial charge < -0.3 is 5.11 Å². The number of nitrogens with one attached hydrogen (secondary N) is 1. The van der Waals surface area contributed by atoms with Gasteiger partial charge in [0.25, 0.3) is 0 Å². The summed E-state index contributed by atoms with van der Waals surface area (Å²) in [4.78, 5) is 0. The molecule has 1 aromatic rings. The predicted octanol–water partition coefficient (Wildman–Crippen LogP) is 1.11. The van der Waals surface area contributed by atoms with Gasteiger partial charge in [-0.1, -0.05) is 0 Å². The summed E-state index contributed by atoms with van der Waals surface area (Å²) in [6.07, 6.45) is -0.188. The Hall–Kier alpha value is -0.430. The molecule has 0 aliphatic rings. The molecule has 0 aliphatic heterocycles. The number of thiophene rings is 1. The van der Waals surface area contributed by atoms with E-state index in [1.165, 1.54) is 11.3 Å². The quantitative estimate of drug-likeness (QED) is 0.793. The lowest BCUT2D eigenvalue weighted by Gasteiger charge is -2.09. The molecule has 1 aromatic heterocycles. The Bertz CT molecular complexity index is 372. The van der Waals surface area contributed by atoms with Crippen molar-refractivity contribution in [3.05, 3.63) is 22.4 Å². The zero-order valence-corrected chi connectivity index (χ0v) is 10.1. The number of rotatable bonds is 6. The van der Waals surface area contributed by atoms with Gasteiger partial charge in [0.15, 0.2) is 0 Å². The van der Waals surface area contributed by atoms with E-state index >= 15 is 0 Å². The molecule has 2 N–H and O–H groups in total. The van der Waals surface area contributed by atoms with Crippen molar-refractivity contribution in [2.75, 3.05) is 12.3 Å². The van der Waals surface area contributed by atoms with Gasteiger partial charge in [-0.3, -0.25) is 0 Å². The van der Waals surface area contributed by atoms with E-state index in [0.29, 0.717) is 6.42 Å². The highest BCUT2D eigenvalue weighted by Gasteiger charge is 2.10. The van der Waals surface area contributed by atoms with Crippen LogP contribution in [-0.2, 0) is 10.0 Å². The summed E-state index contributed by atoms with van der Waals surface area (Å²) in [7, 11) is -3.14. The van der Waals surface area contributed by atoms with Crippen molar-refractivity contribution >= 4 is 21.4 Å². The third-order valence-electron chi connectivity index (χ3n) is 2.05. The fourth-order valence-corrected chi connectivity index (χ4v) is 2.42. The van der Waals surface area contributed by atoms with Crippen LogP contribution in [0.5, 0.6) is 0 Å². The van der Waals surface area contributed by atoms with Crippen LogP contribution < -0.4 is 4.72 Å². The van der Waals surface area contributed by atoms with Gasteiger partial charge in [-0.25, -0.2) is 13.1 Å². The van der Waals surface area contributed by atoms with Gasteiger partial charge in [0.05, 0.1) is 11.9 Å². The standard InChI is InChI=1S/C9H15NO3S2/c1-2-15(12,13)10-5-3-9(11)8-4-6-14-7-8/h4,6-7,9-11H,2-3,5H2,1H3. The summed E-state index contributed by atoms with van der Waals surface area (Å²) >= 11 is 1.51. The first-order valence-electron chi connectivity index (χ1n) is 4.72. The fraction of sp³-hybridized carbons (Fsp3) is 0.556. The second-order valence-electron chi connectivity index (χ2n) is 3.16. The molecular weight excluding hydrogens is 234 g/mol. The Labute approximate surface area is 94.0 Å². The molecule has 0 fully saturated rings. The zero-order chi connectivity index (χ0) is 11.3. The summed E-state index contributed by atoms with van der Waals surface area (Å²) in [5, 5.41) is 13.4. The third-order valence-corrected chi connectivity index (χ3v) is 4.15. The average Bonchev–Trinajstić information content (AvgIpc) is 2.70. The van der Waals surface area contributed by atoms with Crippen LogP contribution in [0.4, 0.5) is 0 Å². The summed E-state index contributed by atoms with van der Waals surface area (Å²) in [6, 6.07) is 1.84. The van der Waals surface area contributed by atoms with E-state index in [4.69, 9.17) is 0 Å². The van der Waals surface area contributed by atoms with Crippen molar-refractivity contribution in [1.29, 1.82) is 0 Å². The van der Waals surface area contributed by atoms with Gasteiger partial charge >= 0.3 is 0 Å². The lowest BCUT2D eigenvalue weighted by molar-refractivity contribution is 0.169. The summed E-state index contributed by atoms with van der Waals surface area (Å²) in [5.74, 6) is 0.0710. The van der Waals surface area contributed by atoms with Crippen LogP contribution in [0.25, 0.3) is 0 Å². The number of hydrogen-bond donors (Lipinski definition) is 2. The Morgan fingerprint density at radius 1 is 1.60 bits per heavy atom. The maximum absolute atomic E-state index is 11.1. The number of aliphatic hydroxyl groups excluding tert-OH is 1. The molecule has 86 valence electrons. The van der Waals surface area contributed by atoms with Gasteiger partial charge in [-0.2, -0.15) is 11.3 Å². The van der Waals surface area contributed by atoms with Crippen molar-refractivity contribution in [3.63, 3.8) is 0 Å². The van der Waals surface area contributed by atoms with E-state index in [9.17, 15) is 13.5 Å². The SMILES string of the molecule is CCS(=O)(=O)NCCC(O)c1ccsc1. The average molecular weight is 249 g/mol. The topological polar surface area (TPSA) is 66.4 Å². The molecule has 4 nitrogen and oxygen atoms in total. The third kappa shape index (κ3) is 4.29. The minimum absolute atomic E-state index is 0.0710. The minimum atomic E-state index is -3.14. The molecule has 1 heterocycles. The summed E-state index contributed by atoms with van der Waals surface area (Å²) in [6.45, 7) is 1.85. The first-order chi connectivity index (χ1) is 7.05. The highest BCUT2D eigenvalue weighted by molar-refractivity contribution is 7.89. The van der Waals surface area contributed by atoms with Crippen LogP contribution in [0.1, 0.15) is 25.0 Å². The largest absolute Gasteiger partial charge is 0.388 e. The van der Waals surface area contributed by atoms with E-state index in [1.807, 2.05) is 16.8 Å². The minimum Gasteiger partial charge on any atom is -0.388 e. The number of hydrogen-bond acceptors (Lipinski definition) is 4. The van der Waals surface area contributed by atoms with Crippen LogP contribution in [0.15, 0.2) is 16.8 Å². The lowest BCUT2D eigenvalue weighted by atomic mass is 10.1. The molecule has 0 saturated heterocycles. The molecule has 1 atom stereocenters. The van der Waals surface area contributed by atoms with E-state index < -0.39 is 16.1 Å². The van der Waals surface area contributed by atoms with Crippen molar-refractivity contribution in [2.24, 2.45) is 0 Å². The zero-order valence-electron chi connectivity index (χ0n) is 8.51. The normalized spacial score (nSPS) is 14.0. The van der Waals surface area contributed by atoms with Gasteiger partial charge in [0, 0.05) is 6.54 Å². The first kappa shape index (κ1) is 12.6. The lowest BCUT2D eigenvalue weighted by Crippen LogP contribution is -2.27. The van der Waals surface area contributed by atoms with E-state index in [-0.39, 0.29) is 12.3 Å². The molecule has 0 bridgehead atoms. The maximum Gasteiger partial charge on any atom is 0.211 e. The Morgan fingerprint density at radius 3 is 2.87 bits per heavy atom. The van der Waals surface area contributed by atoms with Crippen LogP contribution in [-0.4, -0.2) is 25.8 Å². The fourth-order valence-electron chi connectivity index (χ4n) is 1.08. The maximum atomic E-state index is 11.1. The molecule has 0 saturated carbocycles. The van der Waals surface area contributed by atoms with Gasteiger partial charge in [0.2, 0.25) is 10.0 Å². The highest BCUT2D eigenvalue weighted by Crippen LogP contribution is 2.18. The molecule has 0 spiro atoms. The van der Waals surface area contributed by atoms with Crippen molar-refractivity contribution in [1.82, 2.24) is 4.72 Å². The van der Waals surface area contributed by atoms with Crippen molar-refractivity contribution < 1.29 is 13.5 Å². The Kier molecular flexibility index (Phi) is 4.72. The molecule has 15 heavy (non-hydrogen) atoms. The number of sulfonamides is 1. The van der Waals surface area contributed by atoms with Gasteiger partial charge in [-0.15, -0.1) is 0 Å². The molecular formula is C9H15NO3S2. The van der Waals surface area contributed by atoms with Crippen molar-refractivity contribution in [3.8, 4) is 0 Å². The summed E-state index contributed by atoms with van der Waals surface area (Å²) in [5.41, 5.74) is 0.843. The molecule has 0 aromatic carbocycles. The monoisotopic (exact) mass is 249 g/mol. The Morgan fingerprint density at radius 2 is 2.33 bits per heavy atom. The van der Waals surface area contributed by atoms with Crippen LogP contribution in [0.3, 0.4) is 0 Å². The first-order valence-corrected chi connectivity index (χ1v) is 7.32. The second kappa shape index (κ2) is 5.60. The molecule has 0 amide bonds. The smallest absolute Gasteiger partial charge is 0.211 e. The van der Waals surface area contributed by atoms with E-state index in [1.54, 1.807) is 6.92 Å². The summed E-state index contributed by atoms with van der Waals surface area (Å²) < 4.78 is 24.6.